The van der Waals surface area contributed by atoms with Crippen LogP contribution in [0.3, 0.4) is 0 Å². The summed E-state index contributed by atoms with van der Waals surface area (Å²) in [6.45, 7) is 5.88. The molecule has 3 amide bonds. The van der Waals surface area contributed by atoms with E-state index in [1.165, 1.54) is 19.3 Å². The molecule has 1 aliphatic rings. The molecule has 1 saturated heterocycles. The average molecular weight is 1570 g/mol. The fraction of sp³-hybridized carbons (Fsp3) is 0.489. The van der Waals surface area contributed by atoms with E-state index in [4.69, 9.17) is 52.1 Å². The number of hydrogen-bond donors (Lipinski definition) is 3. The van der Waals surface area contributed by atoms with Gasteiger partial charge in [0.15, 0.2) is 12.4 Å². The maximum Gasteiger partial charge on any atom is 0.408 e. The van der Waals surface area contributed by atoms with Crippen LogP contribution in [0.1, 0.15) is 220 Å². The predicted molar refractivity (Wildman–Crippen MR) is 425 cm³/mol. The highest BCUT2D eigenvalue weighted by Gasteiger charge is 2.52. The molecule has 3 N–H and O–H groups in total. The first-order valence-corrected chi connectivity index (χ1v) is 40.2. The molecule has 24 heteroatoms. The molecule has 0 saturated carbocycles. The van der Waals surface area contributed by atoms with Gasteiger partial charge in [-0.15, -0.1) is 0 Å². The summed E-state index contributed by atoms with van der Waals surface area (Å²) in [5.74, 6) is -6.71. The molecule has 6 aromatic carbocycles. The Bertz CT molecular complexity index is 3700. The number of nitrogens with one attached hydrogen (secondary N) is 3. The van der Waals surface area contributed by atoms with Gasteiger partial charge in [-0.2, -0.15) is 0 Å². The molecule has 0 aliphatic carbocycles. The van der Waals surface area contributed by atoms with Crippen LogP contribution < -0.4 is 16.0 Å². The number of esters is 7. The van der Waals surface area contributed by atoms with Crippen LogP contribution in [-0.2, 0) is 123 Å². The second kappa shape index (κ2) is 52.2. The number of carbonyl (C=O) groups excluding carboxylic acids is 10. The molecule has 0 aromatic heterocycles. The van der Waals surface area contributed by atoms with Crippen molar-refractivity contribution in [2.24, 2.45) is 0 Å². The van der Waals surface area contributed by atoms with Crippen LogP contribution in [0, 0.1) is 0 Å². The third kappa shape index (κ3) is 37.6. The van der Waals surface area contributed by atoms with Crippen molar-refractivity contribution in [3.8, 4) is 0 Å². The number of amides is 3. The molecule has 1 unspecified atom stereocenters. The third-order valence-corrected chi connectivity index (χ3v) is 18.6. The van der Waals surface area contributed by atoms with E-state index in [9.17, 15) is 47.9 Å². The molecular formula is C90H115N3O21. The van der Waals surface area contributed by atoms with Crippen LogP contribution in [0.4, 0.5) is 4.79 Å². The fourth-order valence-electron chi connectivity index (χ4n) is 12.6. The highest BCUT2D eigenvalue weighted by atomic mass is 16.7. The Hall–Kier alpha value is -10.3. The minimum absolute atomic E-state index is 0.103. The van der Waals surface area contributed by atoms with E-state index >= 15 is 0 Å². The van der Waals surface area contributed by atoms with Crippen LogP contribution in [0.5, 0.6) is 0 Å². The lowest BCUT2D eigenvalue weighted by Crippen LogP contribution is -2.67. The number of rotatable bonds is 52. The largest absolute Gasteiger partial charge is 0.463 e. The summed E-state index contributed by atoms with van der Waals surface area (Å²) in [4.78, 5) is 142. The molecule has 616 valence electrons. The Morgan fingerprint density at radius 3 is 1.25 bits per heavy atom. The lowest BCUT2D eigenvalue weighted by molar-refractivity contribution is -0.298. The second-order valence-corrected chi connectivity index (χ2v) is 29.4. The van der Waals surface area contributed by atoms with Crippen molar-refractivity contribution < 1.29 is 100 Å². The number of benzene rings is 6. The van der Waals surface area contributed by atoms with Gasteiger partial charge in [0.25, 0.3) is 5.91 Å². The summed E-state index contributed by atoms with van der Waals surface area (Å²) in [5, 5.41) is 8.48. The standard InChI is InChI=1S/C90H115N3O21/c1-5-6-7-8-9-10-11-12-13-16-37-52-78(96)113-85-83(93-76(94)51-36-15-14-17-38-55-91-86(101)71-49-34-23-35-50-71)88(111-73(58-81(99)106-62-68-43-28-20-29-44-68)59-82(100)107-63-69-45-30-21-31-46-69)112-75(65-108-77(95)54-53-74(92-89(103)114-90(2,3)4)87(102)109-64-70-47-32-22-33-48-70)84(85)110-72(56-79(97)104-60-66-39-24-18-25-40-66)57-80(98)105-61-67-41-26-19-27-42-67/h18-35,39-50,72-75,83-85,88H,5-17,36-38,51-65H2,1-4H3,(H,91,101)(H,92,103)(H,93,94)/t74?,75-,83+,84-,85-,88+/m1/s1. The summed E-state index contributed by atoms with van der Waals surface area (Å²) < 4.78 is 67.8. The van der Waals surface area contributed by atoms with Crippen molar-refractivity contribution in [2.45, 2.75) is 269 Å². The second-order valence-electron chi connectivity index (χ2n) is 29.4. The first-order valence-electron chi connectivity index (χ1n) is 40.2. The highest BCUT2D eigenvalue weighted by molar-refractivity contribution is 5.94. The van der Waals surface area contributed by atoms with Crippen molar-refractivity contribution >= 4 is 59.7 Å². The monoisotopic (exact) mass is 1570 g/mol. The zero-order valence-electron chi connectivity index (χ0n) is 66.4. The van der Waals surface area contributed by atoms with Gasteiger partial charge in [-0.1, -0.05) is 260 Å². The summed E-state index contributed by atoms with van der Waals surface area (Å²) in [6, 6.07) is 50.1. The van der Waals surface area contributed by atoms with E-state index < -0.39 is 147 Å². The minimum Gasteiger partial charge on any atom is -0.463 e. The molecular weight excluding hydrogens is 1460 g/mol. The van der Waals surface area contributed by atoms with Gasteiger partial charge in [-0.05, 0) is 86.4 Å². The molecule has 6 atom stereocenters. The molecule has 0 bridgehead atoms. The minimum atomic E-state index is -1.84. The van der Waals surface area contributed by atoms with Crippen molar-refractivity contribution in [2.75, 3.05) is 13.2 Å². The van der Waals surface area contributed by atoms with Crippen LogP contribution >= 0.6 is 0 Å². The first kappa shape index (κ1) is 90.9. The summed E-state index contributed by atoms with van der Waals surface area (Å²) in [7, 11) is 0. The molecule has 1 heterocycles. The highest BCUT2D eigenvalue weighted by Crippen LogP contribution is 2.33. The number of unbranched alkanes of at least 4 members (excludes halogenated alkanes) is 14. The van der Waals surface area contributed by atoms with E-state index in [0.717, 1.165) is 44.9 Å². The van der Waals surface area contributed by atoms with E-state index in [1.54, 1.807) is 197 Å². The van der Waals surface area contributed by atoms with Gasteiger partial charge >= 0.3 is 47.9 Å². The molecule has 1 fully saturated rings. The molecule has 24 nitrogen and oxygen atoms in total. The molecule has 1 aliphatic heterocycles. The molecule has 6 aromatic rings. The van der Waals surface area contributed by atoms with Crippen molar-refractivity contribution in [3.05, 3.63) is 215 Å². The van der Waals surface area contributed by atoms with Gasteiger partial charge in [0.2, 0.25) is 5.91 Å². The quantitative estimate of drug-likeness (QED) is 0.0181. The fourth-order valence-corrected chi connectivity index (χ4v) is 12.6. The smallest absolute Gasteiger partial charge is 0.408 e. The number of alkyl carbamates (subject to hydrolysis) is 1. The van der Waals surface area contributed by atoms with Crippen molar-refractivity contribution in [1.82, 2.24) is 16.0 Å². The summed E-state index contributed by atoms with van der Waals surface area (Å²) in [5.41, 5.74) is 2.81. The van der Waals surface area contributed by atoms with E-state index in [-0.39, 0.29) is 58.2 Å². The Morgan fingerprint density at radius 2 is 0.807 bits per heavy atom. The first-order chi connectivity index (χ1) is 55.2. The van der Waals surface area contributed by atoms with Crippen LogP contribution in [0.25, 0.3) is 0 Å². The van der Waals surface area contributed by atoms with Gasteiger partial charge in [0.1, 0.15) is 69.5 Å². The van der Waals surface area contributed by atoms with Gasteiger partial charge in [-0.25, -0.2) is 9.59 Å². The number of ether oxygens (including phenoxy) is 11. The zero-order valence-corrected chi connectivity index (χ0v) is 66.4. The average Bonchev–Trinajstić information content (AvgIpc) is 0.776. The Morgan fingerprint density at radius 1 is 0.412 bits per heavy atom. The number of hydrogen-bond acceptors (Lipinski definition) is 21. The van der Waals surface area contributed by atoms with E-state index in [1.807, 2.05) is 6.07 Å². The lowest BCUT2D eigenvalue weighted by Gasteiger charge is -2.47. The zero-order chi connectivity index (χ0) is 81.4. The van der Waals surface area contributed by atoms with Gasteiger partial charge in [0.05, 0.1) is 37.9 Å². The predicted octanol–water partition coefficient (Wildman–Crippen LogP) is 15.2. The van der Waals surface area contributed by atoms with Gasteiger partial charge in [0, 0.05) is 31.4 Å². The molecule has 0 radical (unpaired) electrons. The Balaban J connectivity index is 1.27. The van der Waals surface area contributed by atoms with Crippen molar-refractivity contribution in [3.63, 3.8) is 0 Å². The topological polar surface area (TPSA) is 308 Å². The SMILES string of the molecule is CCCCCCCCCCCCCC(=O)O[C@@H]1[C@H](NC(=O)CCCCCCCNC(=O)c2ccccc2)[C@@H](OC(CC(=O)OCc2ccccc2)CC(=O)OCc2ccccc2)O[C@H](COC(=O)CCC(NC(=O)OC(C)(C)C)C(=O)OCc2ccccc2)[C@H]1OC(CC(=O)OCc1ccccc1)CC(=O)OCc1ccccc1. The molecule has 114 heavy (non-hydrogen) atoms. The molecule has 7 rings (SSSR count). The van der Waals surface area contributed by atoms with E-state index in [0.29, 0.717) is 78.5 Å². The van der Waals surface area contributed by atoms with Crippen LogP contribution in [0.2, 0.25) is 0 Å². The number of carbonyl (C=O) groups is 10. The van der Waals surface area contributed by atoms with Gasteiger partial charge in [-0.3, -0.25) is 38.4 Å². The van der Waals surface area contributed by atoms with Crippen LogP contribution in [-0.4, -0.2) is 127 Å². The third-order valence-electron chi connectivity index (χ3n) is 18.6. The lowest BCUT2D eigenvalue weighted by atomic mass is 9.94. The van der Waals surface area contributed by atoms with Crippen LogP contribution in [0.15, 0.2) is 182 Å². The van der Waals surface area contributed by atoms with Gasteiger partial charge < -0.3 is 68.1 Å². The maximum atomic E-state index is 15.0. The van der Waals surface area contributed by atoms with Crippen molar-refractivity contribution in [1.29, 1.82) is 0 Å². The Kier molecular flexibility index (Phi) is 41.6. The summed E-state index contributed by atoms with van der Waals surface area (Å²) in [6.07, 6.45) is -0.804. The van der Waals surface area contributed by atoms with E-state index in [2.05, 4.69) is 22.9 Å². The molecule has 0 spiro atoms. The summed E-state index contributed by atoms with van der Waals surface area (Å²) >= 11 is 0. The Labute approximate surface area is 670 Å². The normalized spacial score (nSPS) is 15.5. The maximum absolute atomic E-state index is 15.0.